The number of hydrogen-bond donors (Lipinski definition) is 1. The van der Waals surface area contributed by atoms with Crippen molar-refractivity contribution in [2.75, 3.05) is 38.8 Å². The van der Waals surface area contributed by atoms with Crippen LogP contribution < -0.4 is 10.6 Å². The molecule has 5 amide bonds. The van der Waals surface area contributed by atoms with Gasteiger partial charge in [0.05, 0.1) is 23.8 Å². The number of benzene rings is 1. The third-order valence-corrected chi connectivity index (χ3v) is 7.68. The summed E-state index contributed by atoms with van der Waals surface area (Å²) in [6, 6.07) is 5.46. The molecule has 3 fully saturated rings. The minimum Gasteiger partial charge on any atom is -0.379 e. The summed E-state index contributed by atoms with van der Waals surface area (Å²) in [4.78, 5) is 56.2. The number of fused-ring (bicyclic) bond motifs is 1. The molecular formula is C24H31ClN4O6. The van der Waals surface area contributed by atoms with Crippen LogP contribution in [0.5, 0.6) is 0 Å². The molecule has 2 N–H and O–H groups in total. The Morgan fingerprint density at radius 3 is 2.34 bits per heavy atom. The SMILES string of the molecule is COC1CC2C(=O)N(c3cccc(Cl)c3)C(=O)N(CC(=O)N3CCC(C(N)=O)CC3)C2CC1OC. The molecule has 1 aliphatic carbocycles. The number of piperidine rings is 1. The van der Waals surface area contributed by atoms with Crippen LogP contribution in [0.2, 0.25) is 5.02 Å². The molecule has 190 valence electrons. The highest BCUT2D eigenvalue weighted by Gasteiger charge is 2.52. The number of carbonyl (C=O) groups excluding carboxylic acids is 4. The van der Waals surface area contributed by atoms with Crippen molar-refractivity contribution in [3.63, 3.8) is 0 Å². The van der Waals surface area contributed by atoms with E-state index in [-0.39, 0.29) is 42.4 Å². The van der Waals surface area contributed by atoms with E-state index in [4.69, 9.17) is 26.8 Å². The monoisotopic (exact) mass is 506 g/mol. The summed E-state index contributed by atoms with van der Waals surface area (Å²) in [6.45, 7) is 0.609. The molecule has 2 heterocycles. The van der Waals surface area contributed by atoms with Gasteiger partial charge < -0.3 is 25.0 Å². The van der Waals surface area contributed by atoms with E-state index in [1.807, 2.05) is 0 Å². The molecule has 1 aromatic carbocycles. The lowest BCUT2D eigenvalue weighted by atomic mass is 9.77. The number of anilines is 1. The van der Waals surface area contributed by atoms with E-state index in [2.05, 4.69) is 0 Å². The number of amides is 5. The summed E-state index contributed by atoms with van der Waals surface area (Å²) >= 11 is 6.14. The van der Waals surface area contributed by atoms with Gasteiger partial charge in [0.1, 0.15) is 6.54 Å². The number of primary amides is 1. The summed E-state index contributed by atoms with van der Waals surface area (Å²) in [7, 11) is 3.14. The van der Waals surface area contributed by atoms with Crippen LogP contribution in [0.4, 0.5) is 10.5 Å². The van der Waals surface area contributed by atoms with Gasteiger partial charge in [0, 0.05) is 44.3 Å². The second-order valence-electron chi connectivity index (χ2n) is 9.31. The summed E-state index contributed by atoms with van der Waals surface area (Å²) in [6.07, 6.45) is 1.09. The smallest absolute Gasteiger partial charge is 0.332 e. The van der Waals surface area contributed by atoms with Gasteiger partial charge >= 0.3 is 6.03 Å². The van der Waals surface area contributed by atoms with Gasteiger partial charge in [-0.15, -0.1) is 0 Å². The predicted molar refractivity (Wildman–Crippen MR) is 128 cm³/mol. The van der Waals surface area contributed by atoms with Gasteiger partial charge in [-0.05, 0) is 43.9 Å². The van der Waals surface area contributed by atoms with E-state index in [0.29, 0.717) is 49.5 Å². The second-order valence-corrected chi connectivity index (χ2v) is 9.75. The fourth-order valence-corrected chi connectivity index (χ4v) is 5.63. The van der Waals surface area contributed by atoms with Crippen molar-refractivity contribution < 1.29 is 28.7 Å². The molecular weight excluding hydrogens is 476 g/mol. The topological polar surface area (TPSA) is 122 Å². The summed E-state index contributed by atoms with van der Waals surface area (Å²) in [5.74, 6) is -1.74. The molecule has 11 heteroatoms. The van der Waals surface area contributed by atoms with Gasteiger partial charge in [0.15, 0.2) is 0 Å². The molecule has 0 bridgehead atoms. The molecule has 4 rings (SSSR count). The zero-order valence-electron chi connectivity index (χ0n) is 19.9. The van der Waals surface area contributed by atoms with E-state index < -0.39 is 18.0 Å². The first-order valence-electron chi connectivity index (χ1n) is 11.8. The lowest BCUT2D eigenvalue weighted by molar-refractivity contribution is -0.143. The second kappa shape index (κ2) is 10.5. The highest BCUT2D eigenvalue weighted by atomic mass is 35.5. The Morgan fingerprint density at radius 1 is 1.09 bits per heavy atom. The zero-order valence-corrected chi connectivity index (χ0v) is 20.6. The standard InChI is InChI=1S/C24H31ClN4O6/c1-34-19-11-17-18(12-20(19)35-2)28(13-21(30)27-8-6-14(7-9-27)22(26)31)24(33)29(23(17)32)16-5-3-4-15(25)10-16/h3-5,10,14,17-20H,6-9,11-13H2,1-2H3,(H2,26,31). The molecule has 0 spiro atoms. The molecule has 10 nitrogen and oxygen atoms in total. The predicted octanol–water partition coefficient (Wildman–Crippen LogP) is 1.64. The van der Waals surface area contributed by atoms with Crippen LogP contribution in [0.3, 0.4) is 0 Å². The van der Waals surface area contributed by atoms with Crippen LogP contribution in [0.15, 0.2) is 24.3 Å². The molecule has 35 heavy (non-hydrogen) atoms. The van der Waals surface area contributed by atoms with Crippen LogP contribution in [-0.2, 0) is 23.9 Å². The van der Waals surface area contributed by atoms with Gasteiger partial charge in [0.25, 0.3) is 0 Å². The van der Waals surface area contributed by atoms with Crippen LogP contribution in [0.1, 0.15) is 25.7 Å². The first kappa shape index (κ1) is 25.4. The number of methoxy groups -OCH3 is 2. The van der Waals surface area contributed by atoms with Gasteiger partial charge in [-0.1, -0.05) is 17.7 Å². The fourth-order valence-electron chi connectivity index (χ4n) is 5.45. The molecule has 1 aromatic rings. The lowest BCUT2D eigenvalue weighted by Crippen LogP contribution is -2.67. The van der Waals surface area contributed by atoms with E-state index in [1.165, 1.54) is 4.90 Å². The number of carbonyl (C=O) groups is 4. The highest BCUT2D eigenvalue weighted by molar-refractivity contribution is 6.31. The van der Waals surface area contributed by atoms with Gasteiger partial charge in [-0.2, -0.15) is 0 Å². The number of nitrogens with zero attached hydrogens (tertiary/aromatic N) is 3. The first-order chi connectivity index (χ1) is 16.7. The number of likely N-dealkylation sites (tertiary alicyclic amines) is 1. The molecule has 0 radical (unpaired) electrons. The maximum absolute atomic E-state index is 13.7. The number of nitrogens with two attached hydrogens (primary N) is 1. The molecule has 4 unspecified atom stereocenters. The average molecular weight is 507 g/mol. The van der Waals surface area contributed by atoms with Crippen LogP contribution in [0.25, 0.3) is 0 Å². The average Bonchev–Trinajstić information content (AvgIpc) is 2.85. The van der Waals surface area contributed by atoms with Crippen LogP contribution in [-0.4, -0.2) is 85.7 Å². The van der Waals surface area contributed by atoms with Crippen molar-refractivity contribution in [2.24, 2.45) is 17.6 Å². The van der Waals surface area contributed by atoms with Crippen molar-refractivity contribution in [1.82, 2.24) is 9.80 Å². The van der Waals surface area contributed by atoms with E-state index in [9.17, 15) is 19.2 Å². The van der Waals surface area contributed by atoms with Crippen molar-refractivity contribution in [1.29, 1.82) is 0 Å². The summed E-state index contributed by atoms with van der Waals surface area (Å²) in [5.41, 5.74) is 5.76. The Labute approximate surface area is 209 Å². The number of ether oxygens (including phenoxy) is 2. The summed E-state index contributed by atoms with van der Waals surface area (Å²) in [5, 5.41) is 0.392. The van der Waals surface area contributed by atoms with E-state index in [0.717, 1.165) is 4.90 Å². The normalized spacial score (nSPS) is 27.7. The Bertz CT molecular complexity index is 998. The van der Waals surface area contributed by atoms with Crippen molar-refractivity contribution in [2.45, 2.75) is 43.9 Å². The van der Waals surface area contributed by atoms with Crippen LogP contribution in [0, 0.1) is 11.8 Å². The maximum Gasteiger partial charge on any atom is 0.332 e. The lowest BCUT2D eigenvalue weighted by Gasteiger charge is -2.49. The molecule has 3 aliphatic rings. The van der Waals surface area contributed by atoms with Crippen molar-refractivity contribution in [3.8, 4) is 0 Å². The largest absolute Gasteiger partial charge is 0.379 e. The molecule has 2 saturated heterocycles. The quantitative estimate of drug-likeness (QED) is 0.625. The van der Waals surface area contributed by atoms with E-state index >= 15 is 0 Å². The molecule has 0 aromatic heterocycles. The number of halogens is 1. The number of rotatable bonds is 6. The zero-order chi connectivity index (χ0) is 25.3. The number of urea groups is 1. The van der Waals surface area contributed by atoms with Gasteiger partial charge in [-0.25, -0.2) is 9.69 Å². The Kier molecular flexibility index (Phi) is 7.63. The molecule has 1 saturated carbocycles. The van der Waals surface area contributed by atoms with Crippen LogP contribution >= 0.6 is 11.6 Å². The van der Waals surface area contributed by atoms with Gasteiger partial charge in [0.2, 0.25) is 17.7 Å². The van der Waals surface area contributed by atoms with E-state index in [1.54, 1.807) is 43.4 Å². The minimum atomic E-state index is -0.565. The Morgan fingerprint density at radius 2 is 1.74 bits per heavy atom. The third kappa shape index (κ3) is 5.00. The van der Waals surface area contributed by atoms with Crippen molar-refractivity contribution in [3.05, 3.63) is 29.3 Å². The minimum absolute atomic E-state index is 0.181. The Hall–Kier alpha value is -2.69. The fraction of sp³-hybridized carbons (Fsp3) is 0.583. The first-order valence-corrected chi connectivity index (χ1v) is 12.2. The van der Waals surface area contributed by atoms with Crippen molar-refractivity contribution >= 4 is 41.0 Å². The molecule has 2 aliphatic heterocycles. The highest BCUT2D eigenvalue weighted by Crippen LogP contribution is 2.39. The third-order valence-electron chi connectivity index (χ3n) is 7.44. The number of imide groups is 1. The molecule has 4 atom stereocenters. The Balaban J connectivity index is 1.61. The maximum atomic E-state index is 13.7. The summed E-state index contributed by atoms with van der Waals surface area (Å²) < 4.78 is 11.2. The number of hydrogen-bond acceptors (Lipinski definition) is 6. The van der Waals surface area contributed by atoms with Gasteiger partial charge in [-0.3, -0.25) is 14.4 Å².